The molecule has 30 heavy (non-hydrogen) atoms. The number of benzene rings is 2. The van der Waals surface area contributed by atoms with Crippen molar-refractivity contribution < 1.29 is 4.74 Å². The molecule has 3 aliphatic rings. The van der Waals surface area contributed by atoms with E-state index in [1.54, 1.807) is 0 Å². The lowest BCUT2D eigenvalue weighted by Crippen LogP contribution is -2.53. The Labute approximate surface area is 179 Å². The van der Waals surface area contributed by atoms with Crippen LogP contribution in [-0.4, -0.2) is 29.6 Å². The molecular formula is C26H29N3O. The second-order valence-electron chi connectivity index (χ2n) is 8.68. The highest BCUT2D eigenvalue weighted by atomic mass is 16.5. The number of ether oxygens (including phenoxy) is 1. The van der Waals surface area contributed by atoms with E-state index < -0.39 is 0 Å². The SMILES string of the molecule is C#C.N#Cc1ccc2c(c1)CC[C@@H](N1CCC3(CCc4cc(N)ccc4O3)CC1)C2. The number of fused-ring (bicyclic) bond motifs is 2. The van der Waals surface area contributed by atoms with Gasteiger partial charge in [-0.2, -0.15) is 5.26 Å². The molecular weight excluding hydrogens is 370 g/mol. The molecule has 1 aliphatic carbocycles. The third-order valence-electron chi connectivity index (χ3n) is 7.02. The number of aryl methyl sites for hydroxylation is 2. The number of hydrogen-bond donors (Lipinski definition) is 1. The van der Waals surface area contributed by atoms with Crippen LogP contribution < -0.4 is 10.5 Å². The van der Waals surface area contributed by atoms with Gasteiger partial charge < -0.3 is 10.5 Å². The average molecular weight is 400 g/mol. The molecule has 2 heterocycles. The molecule has 1 spiro atoms. The molecule has 1 saturated heterocycles. The van der Waals surface area contributed by atoms with E-state index in [2.05, 4.69) is 42.0 Å². The highest BCUT2D eigenvalue weighted by Crippen LogP contribution is 2.41. The van der Waals surface area contributed by atoms with Crippen molar-refractivity contribution in [3.63, 3.8) is 0 Å². The summed E-state index contributed by atoms with van der Waals surface area (Å²) in [5.74, 6) is 1.04. The summed E-state index contributed by atoms with van der Waals surface area (Å²) < 4.78 is 6.52. The Kier molecular flexibility index (Phi) is 5.71. The van der Waals surface area contributed by atoms with Crippen molar-refractivity contribution in [1.82, 2.24) is 4.90 Å². The number of piperidine rings is 1. The zero-order valence-electron chi connectivity index (χ0n) is 17.4. The summed E-state index contributed by atoms with van der Waals surface area (Å²) >= 11 is 0. The number of likely N-dealkylation sites (tertiary alicyclic amines) is 1. The van der Waals surface area contributed by atoms with Gasteiger partial charge in [-0.15, -0.1) is 12.8 Å². The first-order valence-electron chi connectivity index (χ1n) is 10.8. The quantitative estimate of drug-likeness (QED) is 0.579. The molecule has 5 rings (SSSR count). The van der Waals surface area contributed by atoms with Crippen LogP contribution in [0.3, 0.4) is 0 Å². The summed E-state index contributed by atoms with van der Waals surface area (Å²) in [6, 6.07) is 15.2. The van der Waals surface area contributed by atoms with Crippen LogP contribution in [0.25, 0.3) is 0 Å². The maximum Gasteiger partial charge on any atom is 0.123 e. The Bertz CT molecular complexity index is 980. The number of nitrogens with two attached hydrogens (primary N) is 1. The lowest BCUT2D eigenvalue weighted by atomic mass is 9.81. The normalized spacial score (nSPS) is 21.8. The van der Waals surface area contributed by atoms with Gasteiger partial charge >= 0.3 is 0 Å². The monoisotopic (exact) mass is 399 g/mol. The van der Waals surface area contributed by atoms with Crippen LogP contribution in [0.2, 0.25) is 0 Å². The molecule has 2 aliphatic heterocycles. The van der Waals surface area contributed by atoms with E-state index in [1.165, 1.54) is 23.1 Å². The third-order valence-corrected chi connectivity index (χ3v) is 7.02. The Morgan fingerprint density at radius 2 is 1.80 bits per heavy atom. The van der Waals surface area contributed by atoms with Crippen molar-refractivity contribution in [3.05, 3.63) is 58.7 Å². The van der Waals surface area contributed by atoms with E-state index >= 15 is 0 Å². The van der Waals surface area contributed by atoms with Crippen LogP contribution in [0.15, 0.2) is 36.4 Å². The van der Waals surface area contributed by atoms with Crippen LogP contribution in [0.5, 0.6) is 5.75 Å². The molecule has 0 radical (unpaired) electrons. The van der Waals surface area contributed by atoms with Crippen LogP contribution in [0, 0.1) is 24.2 Å². The number of rotatable bonds is 1. The van der Waals surface area contributed by atoms with Crippen molar-refractivity contribution in [2.75, 3.05) is 18.8 Å². The highest BCUT2D eigenvalue weighted by Gasteiger charge is 2.41. The van der Waals surface area contributed by atoms with Gasteiger partial charge in [-0.05, 0) is 92.0 Å². The minimum Gasteiger partial charge on any atom is -0.487 e. The molecule has 2 N–H and O–H groups in total. The molecule has 0 unspecified atom stereocenters. The van der Waals surface area contributed by atoms with Gasteiger partial charge in [0.25, 0.3) is 0 Å². The van der Waals surface area contributed by atoms with Gasteiger partial charge in [0, 0.05) is 24.8 Å². The molecule has 0 saturated carbocycles. The van der Waals surface area contributed by atoms with Gasteiger partial charge in [-0.25, -0.2) is 0 Å². The van der Waals surface area contributed by atoms with Gasteiger partial charge in [0.1, 0.15) is 11.4 Å². The molecule has 1 fully saturated rings. The molecule has 4 heteroatoms. The second-order valence-corrected chi connectivity index (χ2v) is 8.68. The fourth-order valence-corrected chi connectivity index (χ4v) is 5.31. The lowest BCUT2D eigenvalue weighted by Gasteiger charge is -2.47. The average Bonchev–Trinajstić information content (AvgIpc) is 2.80. The summed E-state index contributed by atoms with van der Waals surface area (Å²) in [4.78, 5) is 2.67. The zero-order chi connectivity index (χ0) is 21.1. The number of hydrogen-bond acceptors (Lipinski definition) is 4. The van der Waals surface area contributed by atoms with Crippen molar-refractivity contribution in [2.45, 2.75) is 56.6 Å². The first-order chi connectivity index (χ1) is 14.6. The molecule has 4 nitrogen and oxygen atoms in total. The minimum absolute atomic E-state index is 0.00782. The number of nitriles is 1. The van der Waals surface area contributed by atoms with E-state index in [4.69, 9.17) is 15.7 Å². The maximum absolute atomic E-state index is 9.11. The number of nitrogen functional groups attached to an aromatic ring is 1. The van der Waals surface area contributed by atoms with E-state index in [9.17, 15) is 0 Å². The first-order valence-corrected chi connectivity index (χ1v) is 10.8. The maximum atomic E-state index is 9.11. The summed E-state index contributed by atoms with van der Waals surface area (Å²) in [7, 11) is 0. The Morgan fingerprint density at radius 1 is 1.00 bits per heavy atom. The van der Waals surface area contributed by atoms with Gasteiger partial charge in [0.05, 0.1) is 11.6 Å². The lowest BCUT2D eigenvalue weighted by molar-refractivity contribution is -0.0259. The summed E-state index contributed by atoms with van der Waals surface area (Å²) in [5.41, 5.74) is 11.6. The first kappa shape index (κ1) is 20.3. The van der Waals surface area contributed by atoms with Gasteiger partial charge in [0.15, 0.2) is 0 Å². The van der Waals surface area contributed by atoms with Crippen LogP contribution in [-0.2, 0) is 19.3 Å². The Balaban J connectivity index is 0.00000106. The van der Waals surface area contributed by atoms with Crippen LogP contribution in [0.1, 0.15) is 47.9 Å². The largest absolute Gasteiger partial charge is 0.487 e. The third kappa shape index (κ3) is 3.89. The molecule has 0 amide bonds. The molecule has 0 bridgehead atoms. The van der Waals surface area contributed by atoms with Crippen molar-refractivity contribution in [1.29, 1.82) is 5.26 Å². The summed E-state index contributed by atoms with van der Waals surface area (Å²) in [5, 5.41) is 9.11. The van der Waals surface area contributed by atoms with Crippen molar-refractivity contribution in [2.24, 2.45) is 0 Å². The van der Waals surface area contributed by atoms with Gasteiger partial charge in [-0.1, -0.05) is 6.07 Å². The number of nitrogens with zero attached hydrogens (tertiary/aromatic N) is 2. The van der Waals surface area contributed by atoms with E-state index in [0.717, 1.165) is 68.6 Å². The molecule has 2 aromatic rings. The highest BCUT2D eigenvalue weighted by molar-refractivity contribution is 5.49. The minimum atomic E-state index is 0.00782. The van der Waals surface area contributed by atoms with Gasteiger partial charge in [-0.3, -0.25) is 4.90 Å². The molecule has 154 valence electrons. The number of terminal acetylenes is 1. The topological polar surface area (TPSA) is 62.3 Å². The fourth-order valence-electron chi connectivity index (χ4n) is 5.31. The smallest absolute Gasteiger partial charge is 0.123 e. The second kappa shape index (κ2) is 8.42. The summed E-state index contributed by atoms with van der Waals surface area (Å²) in [6.45, 7) is 2.22. The summed E-state index contributed by atoms with van der Waals surface area (Å²) in [6.07, 6.45) is 15.8. The molecule has 2 aromatic carbocycles. The van der Waals surface area contributed by atoms with E-state index in [0.29, 0.717) is 6.04 Å². The van der Waals surface area contributed by atoms with Crippen LogP contribution >= 0.6 is 0 Å². The zero-order valence-corrected chi connectivity index (χ0v) is 17.4. The van der Waals surface area contributed by atoms with E-state index in [-0.39, 0.29) is 5.60 Å². The van der Waals surface area contributed by atoms with Crippen LogP contribution in [0.4, 0.5) is 5.69 Å². The Hall–Kier alpha value is -2.95. The van der Waals surface area contributed by atoms with E-state index in [1.807, 2.05) is 18.2 Å². The van der Waals surface area contributed by atoms with Gasteiger partial charge in [0.2, 0.25) is 0 Å². The molecule has 1 atom stereocenters. The predicted molar refractivity (Wildman–Crippen MR) is 120 cm³/mol. The van der Waals surface area contributed by atoms with Crippen molar-refractivity contribution in [3.8, 4) is 24.7 Å². The number of anilines is 1. The predicted octanol–water partition coefficient (Wildman–Crippen LogP) is 4.11. The standard InChI is InChI=1S/C24H27N3O.C2H2/c25-16-17-1-2-19-15-22(5-3-18(19)13-17)27-11-9-24(10-12-27)8-7-20-14-21(26)4-6-23(20)28-24;1-2/h1-2,4,6,13-14,22H,3,5,7-12,15,26H2;1-2H/t22-;/m1./s1. The fraction of sp³-hybridized carbons (Fsp3) is 0.423. The molecule has 0 aromatic heterocycles. The van der Waals surface area contributed by atoms with Crippen molar-refractivity contribution >= 4 is 5.69 Å². The Morgan fingerprint density at radius 3 is 2.57 bits per heavy atom.